The van der Waals surface area contributed by atoms with Crippen LogP contribution in [0.2, 0.25) is 0 Å². The van der Waals surface area contributed by atoms with Gasteiger partial charge in [-0.1, -0.05) is 6.92 Å². The number of carbonyl (C=O) groups excluding carboxylic acids is 1. The molecular formula is C16H24ClNO. The fourth-order valence-electron chi connectivity index (χ4n) is 6.44. The van der Waals surface area contributed by atoms with E-state index in [-0.39, 0.29) is 5.41 Å². The van der Waals surface area contributed by atoms with Crippen molar-refractivity contribution < 1.29 is 4.79 Å². The molecule has 3 heteroatoms. The van der Waals surface area contributed by atoms with Gasteiger partial charge in [0.2, 0.25) is 0 Å². The Hall–Kier alpha value is -0.0800. The minimum absolute atomic E-state index is 0.246. The topological polar surface area (TPSA) is 20.3 Å². The molecule has 0 amide bonds. The lowest BCUT2D eigenvalue weighted by Crippen LogP contribution is -2.57. The smallest absolute Gasteiger partial charge is 0.136 e. The summed E-state index contributed by atoms with van der Waals surface area (Å²) in [6.07, 6.45) is 8.13. The van der Waals surface area contributed by atoms with Crippen LogP contribution in [0.3, 0.4) is 0 Å². The Kier molecular flexibility index (Phi) is 2.80. The first-order chi connectivity index (χ1) is 9.13. The van der Waals surface area contributed by atoms with E-state index in [1.165, 1.54) is 25.7 Å². The van der Waals surface area contributed by atoms with Crippen molar-refractivity contribution in [3.63, 3.8) is 0 Å². The van der Waals surface area contributed by atoms with Gasteiger partial charge in [-0.15, -0.1) is 0 Å². The average molecular weight is 282 g/mol. The van der Waals surface area contributed by atoms with E-state index in [0.717, 1.165) is 37.6 Å². The summed E-state index contributed by atoms with van der Waals surface area (Å²) in [7, 11) is 0. The first kappa shape index (κ1) is 12.6. The number of halogens is 1. The van der Waals surface area contributed by atoms with Crippen LogP contribution in [-0.4, -0.2) is 22.8 Å². The van der Waals surface area contributed by atoms with Crippen molar-refractivity contribution in [1.29, 1.82) is 0 Å². The lowest BCUT2D eigenvalue weighted by molar-refractivity contribution is -0.147. The molecule has 4 aliphatic rings. The second-order valence-corrected chi connectivity index (χ2v) is 8.04. The molecule has 19 heavy (non-hydrogen) atoms. The fraction of sp³-hybridized carbons (Fsp3) is 0.938. The average Bonchev–Trinajstić information content (AvgIpc) is 2.67. The molecule has 2 bridgehead atoms. The molecule has 1 saturated heterocycles. The summed E-state index contributed by atoms with van der Waals surface area (Å²) >= 11 is 6.59. The highest BCUT2D eigenvalue weighted by molar-refractivity contribution is 6.13. The van der Waals surface area contributed by atoms with Crippen LogP contribution in [0.1, 0.15) is 51.9 Å². The van der Waals surface area contributed by atoms with Crippen molar-refractivity contribution in [2.45, 2.75) is 57.9 Å². The van der Waals surface area contributed by atoms with Crippen LogP contribution in [0.15, 0.2) is 0 Å². The molecule has 2 nitrogen and oxygen atoms in total. The third-order valence-corrected chi connectivity index (χ3v) is 7.15. The van der Waals surface area contributed by atoms with Gasteiger partial charge in [0.25, 0.3) is 0 Å². The molecule has 3 saturated carbocycles. The largest absolute Gasteiger partial charge is 0.299 e. The van der Waals surface area contributed by atoms with E-state index >= 15 is 0 Å². The second kappa shape index (κ2) is 4.21. The van der Waals surface area contributed by atoms with Gasteiger partial charge in [-0.3, -0.25) is 4.79 Å². The van der Waals surface area contributed by atoms with E-state index in [1.807, 2.05) is 0 Å². The number of ketones is 1. The Morgan fingerprint density at radius 1 is 1.32 bits per heavy atom. The monoisotopic (exact) mass is 281 g/mol. The third-order valence-electron chi connectivity index (χ3n) is 6.74. The van der Waals surface area contributed by atoms with Gasteiger partial charge in [0.15, 0.2) is 0 Å². The molecule has 106 valence electrons. The summed E-state index contributed by atoms with van der Waals surface area (Å²) in [5, 5.41) is 0. The molecule has 0 aromatic carbocycles. The first-order valence-electron chi connectivity index (χ1n) is 8.08. The van der Waals surface area contributed by atoms with Crippen LogP contribution in [0.5, 0.6) is 0 Å². The van der Waals surface area contributed by atoms with Gasteiger partial charge in [-0.2, -0.15) is 0 Å². The van der Waals surface area contributed by atoms with Gasteiger partial charge in [-0.25, -0.2) is 4.42 Å². The maximum absolute atomic E-state index is 12.7. The van der Waals surface area contributed by atoms with E-state index in [0.29, 0.717) is 23.7 Å². The second-order valence-electron chi connectivity index (χ2n) is 7.61. The van der Waals surface area contributed by atoms with E-state index in [4.69, 9.17) is 11.8 Å². The van der Waals surface area contributed by atoms with E-state index < -0.39 is 0 Å². The normalized spacial score (nSPS) is 53.8. The summed E-state index contributed by atoms with van der Waals surface area (Å²) in [6, 6.07) is 0.473. The quantitative estimate of drug-likeness (QED) is 0.632. The molecular weight excluding hydrogens is 258 g/mol. The first-order valence-corrected chi connectivity index (χ1v) is 8.42. The van der Waals surface area contributed by atoms with Crippen molar-refractivity contribution in [2.75, 3.05) is 6.54 Å². The van der Waals surface area contributed by atoms with Crippen LogP contribution >= 0.6 is 11.8 Å². The lowest BCUT2D eigenvalue weighted by atomic mass is 9.48. The van der Waals surface area contributed by atoms with Gasteiger partial charge < -0.3 is 0 Å². The minimum atomic E-state index is 0.246. The fourth-order valence-corrected chi connectivity index (χ4v) is 6.84. The summed E-state index contributed by atoms with van der Waals surface area (Å²) in [5.74, 6) is 3.14. The number of Topliss-reactive ketones (excluding diaryl/α,β-unsaturated/α-hetero) is 1. The molecule has 1 spiro atoms. The van der Waals surface area contributed by atoms with Crippen molar-refractivity contribution in [1.82, 2.24) is 4.42 Å². The van der Waals surface area contributed by atoms with Gasteiger partial charge >= 0.3 is 0 Å². The van der Waals surface area contributed by atoms with Gasteiger partial charge in [-0.05, 0) is 68.1 Å². The van der Waals surface area contributed by atoms with Crippen molar-refractivity contribution in [3.05, 3.63) is 0 Å². The zero-order valence-corrected chi connectivity index (χ0v) is 12.5. The van der Waals surface area contributed by atoms with E-state index in [9.17, 15) is 4.79 Å². The number of hydrogen-bond acceptors (Lipinski definition) is 2. The van der Waals surface area contributed by atoms with Gasteiger partial charge in [0, 0.05) is 30.3 Å². The molecule has 1 heterocycles. The summed E-state index contributed by atoms with van der Waals surface area (Å²) in [6.45, 7) is 3.37. The standard InChI is InChI=1S/C16H24ClNO/c1-10-7-11-8-14(19)13-3-2-6-18(17)15-5-4-12(11)16(13,15)9-10/h10-13,15H,2-9H2,1H3/t10-,11-,12-,13-,15-,16-/m1/s1. The third kappa shape index (κ3) is 1.56. The molecule has 0 aromatic heterocycles. The Labute approximate surface area is 121 Å². The van der Waals surface area contributed by atoms with E-state index in [2.05, 4.69) is 11.3 Å². The summed E-state index contributed by atoms with van der Waals surface area (Å²) < 4.78 is 2.09. The number of nitrogens with zero attached hydrogens (tertiary/aromatic N) is 1. The molecule has 3 aliphatic carbocycles. The highest BCUT2D eigenvalue weighted by atomic mass is 35.5. The van der Waals surface area contributed by atoms with Gasteiger partial charge in [0.1, 0.15) is 5.78 Å². The highest BCUT2D eigenvalue weighted by Gasteiger charge is 2.65. The Morgan fingerprint density at radius 3 is 3.00 bits per heavy atom. The van der Waals surface area contributed by atoms with Crippen molar-refractivity contribution in [2.24, 2.45) is 29.1 Å². The van der Waals surface area contributed by atoms with Crippen LogP contribution in [0.4, 0.5) is 0 Å². The predicted molar refractivity (Wildman–Crippen MR) is 75.7 cm³/mol. The van der Waals surface area contributed by atoms with Crippen LogP contribution in [0, 0.1) is 29.1 Å². The zero-order valence-electron chi connectivity index (χ0n) is 11.8. The maximum Gasteiger partial charge on any atom is 0.136 e. The minimum Gasteiger partial charge on any atom is -0.299 e. The van der Waals surface area contributed by atoms with Gasteiger partial charge in [0.05, 0.1) is 0 Å². The van der Waals surface area contributed by atoms with Crippen LogP contribution in [-0.2, 0) is 4.79 Å². The maximum atomic E-state index is 12.7. The summed E-state index contributed by atoms with van der Waals surface area (Å²) in [4.78, 5) is 12.7. The number of carbonyl (C=O) groups is 1. The molecule has 0 N–H and O–H groups in total. The van der Waals surface area contributed by atoms with Crippen LogP contribution < -0.4 is 0 Å². The van der Waals surface area contributed by atoms with Crippen LogP contribution in [0.25, 0.3) is 0 Å². The molecule has 0 aromatic rings. The molecule has 4 rings (SSSR count). The SMILES string of the molecule is C[C@@H]1C[C@@H]2CC(=O)[C@H]3CCCN(Cl)[C@@H]4CC[C@H]2[C@]34C1. The highest BCUT2D eigenvalue weighted by Crippen LogP contribution is 2.66. The predicted octanol–water partition coefficient (Wildman–Crippen LogP) is 3.64. The molecule has 6 atom stereocenters. The molecule has 4 fully saturated rings. The van der Waals surface area contributed by atoms with Crippen molar-refractivity contribution in [3.8, 4) is 0 Å². The number of hydrogen-bond donors (Lipinski definition) is 0. The Bertz CT molecular complexity index is 412. The Morgan fingerprint density at radius 2 is 2.16 bits per heavy atom. The molecule has 0 unspecified atom stereocenters. The van der Waals surface area contributed by atoms with Crippen molar-refractivity contribution >= 4 is 17.6 Å². The lowest BCUT2D eigenvalue weighted by Gasteiger charge is -2.56. The molecule has 0 radical (unpaired) electrons. The summed E-state index contributed by atoms with van der Waals surface area (Å²) in [5.41, 5.74) is 0.246. The molecule has 1 aliphatic heterocycles. The van der Waals surface area contributed by atoms with E-state index in [1.54, 1.807) is 0 Å². The Balaban J connectivity index is 1.84. The number of rotatable bonds is 0. The zero-order chi connectivity index (χ0) is 13.2.